The summed E-state index contributed by atoms with van der Waals surface area (Å²) in [6.07, 6.45) is 3.99. The third-order valence-corrected chi connectivity index (χ3v) is 3.87. The largest absolute Gasteiger partial charge is 0.394 e. The second-order valence-corrected chi connectivity index (χ2v) is 6.51. The van der Waals surface area contributed by atoms with Crippen molar-refractivity contribution in [1.82, 2.24) is 14.3 Å². The SMILES string of the molecule is Cc1cccn2cc(CN3CC(CO)OC(C)(C)C3)nc12. The van der Waals surface area contributed by atoms with Crippen LogP contribution in [0.25, 0.3) is 5.65 Å². The zero-order chi connectivity index (χ0) is 15.0. The molecule has 1 unspecified atom stereocenters. The first kappa shape index (κ1) is 14.5. The summed E-state index contributed by atoms with van der Waals surface area (Å²) in [6, 6.07) is 4.11. The van der Waals surface area contributed by atoms with Gasteiger partial charge in [0, 0.05) is 32.0 Å². The Kier molecular flexibility index (Phi) is 3.73. The van der Waals surface area contributed by atoms with E-state index in [1.54, 1.807) is 0 Å². The average molecular weight is 289 g/mol. The molecule has 0 aliphatic carbocycles. The zero-order valence-electron chi connectivity index (χ0n) is 12.9. The third kappa shape index (κ3) is 3.10. The number of fused-ring (bicyclic) bond motifs is 1. The highest BCUT2D eigenvalue weighted by atomic mass is 16.5. The van der Waals surface area contributed by atoms with Gasteiger partial charge in [-0.3, -0.25) is 4.90 Å². The van der Waals surface area contributed by atoms with Crippen LogP contribution in [0.3, 0.4) is 0 Å². The molecule has 2 aromatic heterocycles. The maximum absolute atomic E-state index is 9.39. The van der Waals surface area contributed by atoms with Gasteiger partial charge in [0.05, 0.1) is 24.0 Å². The number of hydrogen-bond donors (Lipinski definition) is 1. The molecule has 5 heteroatoms. The number of pyridine rings is 1. The van der Waals surface area contributed by atoms with E-state index in [-0.39, 0.29) is 18.3 Å². The van der Waals surface area contributed by atoms with Gasteiger partial charge in [-0.25, -0.2) is 4.98 Å². The number of aliphatic hydroxyl groups excluding tert-OH is 1. The summed E-state index contributed by atoms with van der Waals surface area (Å²) in [4.78, 5) is 7.03. The number of rotatable bonds is 3. The first-order valence-electron chi connectivity index (χ1n) is 7.41. The van der Waals surface area contributed by atoms with E-state index in [1.807, 2.05) is 12.3 Å². The number of aryl methyl sites for hydroxylation is 1. The Morgan fingerprint density at radius 2 is 2.29 bits per heavy atom. The summed E-state index contributed by atoms with van der Waals surface area (Å²) in [5, 5.41) is 9.39. The molecule has 1 fully saturated rings. The second kappa shape index (κ2) is 5.40. The molecule has 1 saturated heterocycles. The van der Waals surface area contributed by atoms with E-state index in [0.717, 1.165) is 31.0 Å². The highest BCUT2D eigenvalue weighted by molar-refractivity contribution is 5.47. The van der Waals surface area contributed by atoms with Crippen LogP contribution in [0.1, 0.15) is 25.1 Å². The monoisotopic (exact) mass is 289 g/mol. The Bertz CT molecular complexity index is 635. The van der Waals surface area contributed by atoms with Crippen LogP contribution in [-0.4, -0.2) is 50.8 Å². The molecule has 114 valence electrons. The molecule has 21 heavy (non-hydrogen) atoms. The van der Waals surface area contributed by atoms with Crippen molar-refractivity contribution in [2.45, 2.75) is 39.0 Å². The van der Waals surface area contributed by atoms with Crippen molar-refractivity contribution in [3.05, 3.63) is 35.8 Å². The lowest BCUT2D eigenvalue weighted by Gasteiger charge is -2.42. The quantitative estimate of drug-likeness (QED) is 0.933. The van der Waals surface area contributed by atoms with E-state index in [9.17, 15) is 5.11 Å². The maximum Gasteiger partial charge on any atom is 0.139 e. The third-order valence-electron chi connectivity index (χ3n) is 3.87. The van der Waals surface area contributed by atoms with Gasteiger partial charge < -0.3 is 14.2 Å². The van der Waals surface area contributed by atoms with Gasteiger partial charge in [0.1, 0.15) is 5.65 Å². The van der Waals surface area contributed by atoms with Crippen LogP contribution in [0.2, 0.25) is 0 Å². The molecular formula is C16H23N3O2. The van der Waals surface area contributed by atoms with Crippen molar-refractivity contribution in [1.29, 1.82) is 0 Å². The van der Waals surface area contributed by atoms with Crippen LogP contribution in [0.15, 0.2) is 24.5 Å². The minimum atomic E-state index is -0.235. The first-order valence-corrected chi connectivity index (χ1v) is 7.41. The first-order chi connectivity index (χ1) is 9.97. The van der Waals surface area contributed by atoms with E-state index in [1.165, 1.54) is 5.56 Å². The standard InChI is InChI=1S/C16H23N3O2/c1-12-5-4-6-19-8-13(17-15(12)19)7-18-9-14(10-20)21-16(2,3)11-18/h4-6,8,14,20H,7,9-11H2,1-3H3. The molecule has 0 radical (unpaired) electrons. The zero-order valence-corrected chi connectivity index (χ0v) is 12.9. The lowest BCUT2D eigenvalue weighted by Crippen LogP contribution is -2.53. The summed E-state index contributed by atoms with van der Waals surface area (Å²) in [5.41, 5.74) is 3.01. The van der Waals surface area contributed by atoms with Gasteiger partial charge >= 0.3 is 0 Å². The smallest absolute Gasteiger partial charge is 0.139 e. The summed E-state index contributed by atoms with van der Waals surface area (Å²) >= 11 is 0. The molecule has 5 nitrogen and oxygen atoms in total. The number of aromatic nitrogens is 2. The van der Waals surface area contributed by atoms with E-state index in [2.05, 4.69) is 42.3 Å². The van der Waals surface area contributed by atoms with Crippen molar-refractivity contribution in [3.8, 4) is 0 Å². The normalized spacial score (nSPS) is 22.8. The Morgan fingerprint density at radius 1 is 1.48 bits per heavy atom. The molecule has 3 rings (SSSR count). The minimum absolute atomic E-state index is 0.0597. The van der Waals surface area contributed by atoms with Gasteiger partial charge in [-0.15, -0.1) is 0 Å². The van der Waals surface area contributed by atoms with Crippen LogP contribution >= 0.6 is 0 Å². The molecule has 0 aromatic carbocycles. The van der Waals surface area contributed by atoms with Crippen LogP contribution in [0, 0.1) is 6.92 Å². The molecule has 1 N–H and O–H groups in total. The summed E-state index contributed by atoms with van der Waals surface area (Å²) in [7, 11) is 0. The van der Waals surface area contributed by atoms with Crippen LogP contribution in [-0.2, 0) is 11.3 Å². The molecule has 1 aliphatic rings. The summed E-state index contributed by atoms with van der Waals surface area (Å²) < 4.78 is 7.92. The molecular weight excluding hydrogens is 266 g/mol. The molecule has 2 aromatic rings. The predicted octanol–water partition coefficient (Wildman–Crippen LogP) is 1.61. The number of aliphatic hydroxyl groups is 1. The molecule has 1 aliphatic heterocycles. The second-order valence-electron chi connectivity index (χ2n) is 6.51. The van der Waals surface area contributed by atoms with Crippen molar-refractivity contribution in [3.63, 3.8) is 0 Å². The van der Waals surface area contributed by atoms with Crippen molar-refractivity contribution in [2.75, 3.05) is 19.7 Å². The average Bonchev–Trinajstić information content (AvgIpc) is 2.80. The van der Waals surface area contributed by atoms with Gasteiger partial charge in [0.15, 0.2) is 0 Å². The Balaban J connectivity index is 1.79. The van der Waals surface area contributed by atoms with Crippen molar-refractivity contribution in [2.24, 2.45) is 0 Å². The molecule has 0 bridgehead atoms. The topological polar surface area (TPSA) is 50.0 Å². The van der Waals surface area contributed by atoms with E-state index in [0.29, 0.717) is 0 Å². The number of hydrogen-bond acceptors (Lipinski definition) is 4. The molecule has 1 atom stereocenters. The highest BCUT2D eigenvalue weighted by Crippen LogP contribution is 2.22. The van der Waals surface area contributed by atoms with E-state index in [4.69, 9.17) is 9.72 Å². The summed E-state index contributed by atoms with van der Waals surface area (Å²) in [5.74, 6) is 0. The van der Waals surface area contributed by atoms with Crippen molar-refractivity contribution < 1.29 is 9.84 Å². The van der Waals surface area contributed by atoms with E-state index < -0.39 is 0 Å². The fourth-order valence-corrected chi connectivity index (χ4v) is 3.14. The summed E-state index contributed by atoms with van der Waals surface area (Å²) in [6.45, 7) is 8.63. The number of ether oxygens (including phenoxy) is 1. The lowest BCUT2D eigenvalue weighted by molar-refractivity contribution is -0.150. The highest BCUT2D eigenvalue weighted by Gasteiger charge is 2.33. The van der Waals surface area contributed by atoms with Crippen LogP contribution in [0.5, 0.6) is 0 Å². The van der Waals surface area contributed by atoms with E-state index >= 15 is 0 Å². The number of imidazole rings is 1. The van der Waals surface area contributed by atoms with Crippen LogP contribution in [0.4, 0.5) is 0 Å². The fourth-order valence-electron chi connectivity index (χ4n) is 3.14. The van der Waals surface area contributed by atoms with Crippen LogP contribution < -0.4 is 0 Å². The Labute approximate surface area is 125 Å². The van der Waals surface area contributed by atoms with Crippen molar-refractivity contribution >= 4 is 5.65 Å². The Hall–Kier alpha value is -1.43. The number of morpholine rings is 1. The maximum atomic E-state index is 9.39. The van der Waals surface area contributed by atoms with Gasteiger partial charge in [0.25, 0.3) is 0 Å². The van der Waals surface area contributed by atoms with Gasteiger partial charge in [0.2, 0.25) is 0 Å². The van der Waals surface area contributed by atoms with Gasteiger partial charge in [-0.2, -0.15) is 0 Å². The minimum Gasteiger partial charge on any atom is -0.394 e. The van der Waals surface area contributed by atoms with Gasteiger partial charge in [-0.05, 0) is 32.4 Å². The van der Waals surface area contributed by atoms with Gasteiger partial charge in [-0.1, -0.05) is 6.07 Å². The lowest BCUT2D eigenvalue weighted by atomic mass is 10.1. The fraction of sp³-hybridized carbons (Fsp3) is 0.562. The predicted molar refractivity (Wildman–Crippen MR) is 81.2 cm³/mol. The number of nitrogens with zero attached hydrogens (tertiary/aromatic N) is 3. The molecule has 0 spiro atoms. The molecule has 0 amide bonds. The molecule has 3 heterocycles. The molecule has 0 saturated carbocycles. The Morgan fingerprint density at radius 3 is 3.00 bits per heavy atom.